The van der Waals surface area contributed by atoms with Crippen molar-refractivity contribution in [1.82, 2.24) is 9.62 Å². The Morgan fingerprint density at radius 2 is 1.78 bits per heavy atom. The van der Waals surface area contributed by atoms with Crippen LogP contribution in [0.2, 0.25) is 0 Å². The Bertz CT molecular complexity index is 896. The van der Waals surface area contributed by atoms with E-state index in [1.807, 2.05) is 6.92 Å². The van der Waals surface area contributed by atoms with Gasteiger partial charge in [0, 0.05) is 24.7 Å². The molecule has 1 saturated heterocycles. The summed E-state index contributed by atoms with van der Waals surface area (Å²) in [7, 11) is -3.55. The summed E-state index contributed by atoms with van der Waals surface area (Å²) in [5.74, 6) is -0.639. The predicted octanol–water partition coefficient (Wildman–Crippen LogP) is 3.32. The minimum absolute atomic E-state index is 0.0116. The van der Waals surface area contributed by atoms with Gasteiger partial charge in [-0.3, -0.25) is 4.79 Å². The monoisotopic (exact) mass is 390 g/mol. The summed E-state index contributed by atoms with van der Waals surface area (Å²) in [6, 6.07) is 11.8. The third-order valence-electron chi connectivity index (χ3n) is 4.83. The molecule has 144 valence electrons. The zero-order chi connectivity index (χ0) is 19.4. The number of hydrogen-bond acceptors (Lipinski definition) is 3. The van der Waals surface area contributed by atoms with Crippen LogP contribution in [0.5, 0.6) is 0 Å². The number of carbonyl (C=O) groups excluding carboxylic acids is 1. The van der Waals surface area contributed by atoms with E-state index in [-0.39, 0.29) is 29.2 Å². The van der Waals surface area contributed by atoms with E-state index in [1.54, 1.807) is 16.4 Å². The second-order valence-corrected chi connectivity index (χ2v) is 8.68. The maximum Gasteiger partial charge on any atom is 0.251 e. The fraction of sp³-hybridized carbons (Fsp3) is 0.350. The summed E-state index contributed by atoms with van der Waals surface area (Å²) in [5, 5.41) is 2.74. The Labute approximate surface area is 159 Å². The third-order valence-corrected chi connectivity index (χ3v) is 6.86. The fourth-order valence-corrected chi connectivity index (χ4v) is 4.93. The van der Waals surface area contributed by atoms with Gasteiger partial charge in [-0.15, -0.1) is 0 Å². The SMILES string of the molecule is C[C@H]1CCCCN1S(=O)(=O)c1ccc(C(=O)NCc2ccc(F)cc2)cc1. The molecule has 2 aromatic carbocycles. The molecule has 1 atom stereocenters. The number of benzene rings is 2. The first kappa shape index (κ1) is 19.5. The smallest absolute Gasteiger partial charge is 0.251 e. The van der Waals surface area contributed by atoms with Crippen LogP contribution < -0.4 is 5.32 Å². The lowest BCUT2D eigenvalue weighted by atomic mass is 10.1. The quantitative estimate of drug-likeness (QED) is 0.852. The average Bonchev–Trinajstić information content (AvgIpc) is 2.67. The van der Waals surface area contributed by atoms with E-state index in [2.05, 4.69) is 5.32 Å². The molecule has 0 aliphatic carbocycles. The Hall–Kier alpha value is -2.25. The van der Waals surface area contributed by atoms with Gasteiger partial charge in [0.25, 0.3) is 5.91 Å². The molecule has 2 aromatic rings. The van der Waals surface area contributed by atoms with Crippen LogP contribution in [0.3, 0.4) is 0 Å². The first-order valence-electron chi connectivity index (χ1n) is 9.02. The van der Waals surface area contributed by atoms with Crippen LogP contribution in [-0.2, 0) is 16.6 Å². The number of nitrogens with one attached hydrogen (secondary N) is 1. The Kier molecular flexibility index (Phi) is 5.92. The van der Waals surface area contributed by atoms with Crippen molar-refractivity contribution in [2.24, 2.45) is 0 Å². The molecule has 1 heterocycles. The number of hydrogen-bond donors (Lipinski definition) is 1. The second kappa shape index (κ2) is 8.19. The number of halogens is 1. The molecular formula is C20H23FN2O3S. The van der Waals surface area contributed by atoms with Crippen molar-refractivity contribution >= 4 is 15.9 Å². The molecule has 27 heavy (non-hydrogen) atoms. The number of amides is 1. The van der Waals surface area contributed by atoms with Crippen molar-refractivity contribution < 1.29 is 17.6 Å². The van der Waals surface area contributed by atoms with E-state index < -0.39 is 10.0 Å². The zero-order valence-electron chi connectivity index (χ0n) is 15.2. The Balaban J connectivity index is 1.67. The van der Waals surface area contributed by atoms with Gasteiger partial charge >= 0.3 is 0 Å². The fourth-order valence-electron chi connectivity index (χ4n) is 3.23. The third kappa shape index (κ3) is 4.54. The lowest BCUT2D eigenvalue weighted by Gasteiger charge is -2.32. The highest BCUT2D eigenvalue weighted by molar-refractivity contribution is 7.89. The van der Waals surface area contributed by atoms with Gasteiger partial charge in [-0.25, -0.2) is 12.8 Å². The predicted molar refractivity (Wildman–Crippen MR) is 101 cm³/mol. The van der Waals surface area contributed by atoms with Gasteiger partial charge in [0.05, 0.1) is 4.90 Å². The molecule has 1 amide bonds. The molecule has 0 radical (unpaired) electrons. The van der Waals surface area contributed by atoms with Crippen LogP contribution >= 0.6 is 0 Å². The molecule has 3 rings (SSSR count). The number of piperidine rings is 1. The standard InChI is InChI=1S/C20H23FN2O3S/c1-15-4-2-3-13-23(15)27(25,26)19-11-7-17(8-12-19)20(24)22-14-16-5-9-18(21)10-6-16/h5-12,15H,2-4,13-14H2,1H3,(H,22,24)/t15-/m0/s1. The molecule has 0 bridgehead atoms. The lowest BCUT2D eigenvalue weighted by molar-refractivity contribution is 0.0951. The highest BCUT2D eigenvalue weighted by Gasteiger charge is 2.30. The summed E-state index contributed by atoms with van der Waals surface area (Å²) in [6.07, 6.45) is 2.77. The van der Waals surface area contributed by atoms with Crippen molar-refractivity contribution in [3.63, 3.8) is 0 Å². The molecule has 0 spiro atoms. The molecule has 0 saturated carbocycles. The zero-order valence-corrected chi connectivity index (χ0v) is 16.0. The Morgan fingerprint density at radius 3 is 2.41 bits per heavy atom. The van der Waals surface area contributed by atoms with Gasteiger partial charge in [-0.2, -0.15) is 4.31 Å². The van der Waals surface area contributed by atoms with Gasteiger partial charge in [0.1, 0.15) is 5.82 Å². The maximum absolute atomic E-state index is 12.9. The lowest BCUT2D eigenvalue weighted by Crippen LogP contribution is -2.41. The van der Waals surface area contributed by atoms with Gasteiger partial charge in [0.2, 0.25) is 10.0 Å². The van der Waals surface area contributed by atoms with Crippen LogP contribution in [0.15, 0.2) is 53.4 Å². The molecule has 1 N–H and O–H groups in total. The van der Waals surface area contributed by atoms with Gasteiger partial charge in [-0.05, 0) is 61.7 Å². The molecule has 5 nitrogen and oxygen atoms in total. The topological polar surface area (TPSA) is 66.5 Å². The summed E-state index contributed by atoms with van der Waals surface area (Å²) in [5.41, 5.74) is 1.16. The summed E-state index contributed by atoms with van der Waals surface area (Å²) < 4.78 is 40.1. The highest BCUT2D eigenvalue weighted by atomic mass is 32.2. The Morgan fingerprint density at radius 1 is 1.11 bits per heavy atom. The highest BCUT2D eigenvalue weighted by Crippen LogP contribution is 2.25. The van der Waals surface area contributed by atoms with Crippen LogP contribution in [0.25, 0.3) is 0 Å². The van der Waals surface area contributed by atoms with E-state index >= 15 is 0 Å². The van der Waals surface area contributed by atoms with E-state index in [0.29, 0.717) is 12.1 Å². The number of nitrogens with zero attached hydrogens (tertiary/aromatic N) is 1. The largest absolute Gasteiger partial charge is 0.348 e. The van der Waals surface area contributed by atoms with Crippen LogP contribution in [0, 0.1) is 5.82 Å². The van der Waals surface area contributed by atoms with E-state index in [1.165, 1.54) is 36.4 Å². The summed E-state index contributed by atoms with van der Waals surface area (Å²) >= 11 is 0. The second-order valence-electron chi connectivity index (χ2n) is 6.79. The first-order valence-corrected chi connectivity index (χ1v) is 10.5. The number of sulfonamides is 1. The number of carbonyl (C=O) groups is 1. The molecule has 1 aliphatic rings. The molecule has 7 heteroatoms. The van der Waals surface area contributed by atoms with E-state index in [4.69, 9.17) is 0 Å². The first-order chi connectivity index (χ1) is 12.9. The molecule has 0 unspecified atom stereocenters. The molecule has 1 aliphatic heterocycles. The van der Waals surface area contributed by atoms with Crippen molar-refractivity contribution in [3.05, 3.63) is 65.5 Å². The van der Waals surface area contributed by atoms with Crippen LogP contribution in [-0.4, -0.2) is 31.2 Å². The van der Waals surface area contributed by atoms with E-state index in [9.17, 15) is 17.6 Å². The summed E-state index contributed by atoms with van der Waals surface area (Å²) in [4.78, 5) is 12.5. The van der Waals surface area contributed by atoms with Gasteiger partial charge in [-0.1, -0.05) is 18.6 Å². The molecular weight excluding hydrogens is 367 g/mol. The van der Waals surface area contributed by atoms with Gasteiger partial charge in [0.15, 0.2) is 0 Å². The average molecular weight is 390 g/mol. The van der Waals surface area contributed by atoms with Crippen molar-refractivity contribution in [1.29, 1.82) is 0 Å². The minimum atomic E-state index is -3.55. The van der Waals surface area contributed by atoms with Crippen LogP contribution in [0.4, 0.5) is 4.39 Å². The van der Waals surface area contributed by atoms with Crippen molar-refractivity contribution in [3.8, 4) is 0 Å². The summed E-state index contributed by atoms with van der Waals surface area (Å²) in [6.45, 7) is 2.72. The molecule has 0 aromatic heterocycles. The van der Waals surface area contributed by atoms with Crippen molar-refractivity contribution in [2.45, 2.75) is 43.7 Å². The maximum atomic E-state index is 12.9. The van der Waals surface area contributed by atoms with E-state index in [0.717, 1.165) is 24.8 Å². The number of rotatable bonds is 5. The van der Waals surface area contributed by atoms with Crippen molar-refractivity contribution in [2.75, 3.05) is 6.54 Å². The van der Waals surface area contributed by atoms with Gasteiger partial charge < -0.3 is 5.32 Å². The minimum Gasteiger partial charge on any atom is -0.348 e. The van der Waals surface area contributed by atoms with Crippen LogP contribution in [0.1, 0.15) is 42.1 Å². The molecule has 1 fully saturated rings. The normalized spacial score (nSPS) is 18.2.